The van der Waals surface area contributed by atoms with Gasteiger partial charge >= 0.3 is 6.18 Å². The lowest BCUT2D eigenvalue weighted by atomic mass is 10.3. The third-order valence-electron chi connectivity index (χ3n) is 4.37. The fraction of sp³-hybridized carbons (Fsp3) is 0.200. The Morgan fingerprint density at radius 1 is 1.22 bits per heavy atom. The Bertz CT molecular complexity index is 1190. The number of carbonyl (C=O) groups is 1. The first-order chi connectivity index (χ1) is 15.1. The second kappa shape index (κ2) is 9.61. The lowest BCUT2D eigenvalue weighted by Crippen LogP contribution is -2.32. The summed E-state index contributed by atoms with van der Waals surface area (Å²) in [5, 5.41) is 6.49. The van der Waals surface area contributed by atoms with Crippen LogP contribution in [-0.2, 0) is 11.0 Å². The van der Waals surface area contributed by atoms with Crippen LogP contribution in [-0.4, -0.2) is 40.5 Å². The summed E-state index contributed by atoms with van der Waals surface area (Å²) in [5.41, 5.74) is -0.887. The molecule has 0 aliphatic carbocycles. The number of aromatic nitrogens is 3. The number of pyridine rings is 1. The quantitative estimate of drug-likeness (QED) is 0.532. The van der Waals surface area contributed by atoms with Crippen molar-refractivity contribution in [1.82, 2.24) is 14.8 Å². The Hall–Kier alpha value is -3.05. The maximum Gasteiger partial charge on any atom is 0.417 e. The van der Waals surface area contributed by atoms with E-state index < -0.39 is 17.3 Å². The van der Waals surface area contributed by atoms with Gasteiger partial charge in [0.1, 0.15) is 5.02 Å². The molecular weight excluding hydrogens is 467 g/mol. The molecule has 0 aliphatic rings. The Morgan fingerprint density at radius 2 is 1.94 bits per heavy atom. The van der Waals surface area contributed by atoms with Gasteiger partial charge in [0.15, 0.2) is 5.82 Å². The Morgan fingerprint density at radius 3 is 2.56 bits per heavy atom. The predicted molar refractivity (Wildman–Crippen MR) is 118 cm³/mol. The second-order valence-electron chi connectivity index (χ2n) is 6.57. The highest BCUT2D eigenvalue weighted by Crippen LogP contribution is 2.29. The summed E-state index contributed by atoms with van der Waals surface area (Å²) >= 11 is 7.67. The summed E-state index contributed by atoms with van der Waals surface area (Å²) in [6.45, 7) is -0.119. The minimum atomic E-state index is -4.55. The number of carbonyl (C=O) groups excluding carboxylic acids is 1. The van der Waals surface area contributed by atoms with E-state index in [1.54, 1.807) is 19.2 Å². The molecule has 3 aromatic rings. The minimum absolute atomic E-state index is 0.119. The Labute approximate surface area is 190 Å². The molecule has 0 unspecified atom stereocenters. The van der Waals surface area contributed by atoms with Gasteiger partial charge in [-0.3, -0.25) is 9.59 Å². The number of likely N-dealkylation sites (N-methyl/N-ethyl adjacent to an activating group) is 1. The van der Waals surface area contributed by atoms with E-state index in [0.717, 1.165) is 21.7 Å². The molecule has 7 nitrogen and oxygen atoms in total. The monoisotopic (exact) mass is 483 g/mol. The maximum absolute atomic E-state index is 12.7. The van der Waals surface area contributed by atoms with Gasteiger partial charge in [0.2, 0.25) is 5.91 Å². The van der Waals surface area contributed by atoms with E-state index in [4.69, 9.17) is 11.6 Å². The Balaban J connectivity index is 1.78. The van der Waals surface area contributed by atoms with Crippen molar-refractivity contribution in [3.63, 3.8) is 0 Å². The molecule has 1 N–H and O–H groups in total. The molecule has 2 aromatic heterocycles. The molecule has 0 saturated carbocycles. The third-order valence-corrected chi connectivity index (χ3v) is 5.52. The van der Waals surface area contributed by atoms with E-state index in [2.05, 4.69) is 15.4 Å². The summed E-state index contributed by atoms with van der Waals surface area (Å²) in [6.07, 6.45) is -0.811. The number of hydrogen-bond acceptors (Lipinski definition) is 6. The first kappa shape index (κ1) is 23.6. The van der Waals surface area contributed by atoms with Gasteiger partial charge in [0.05, 0.1) is 29.7 Å². The largest absolute Gasteiger partial charge is 0.417 e. The Kier molecular flexibility index (Phi) is 7.09. The molecule has 1 aromatic carbocycles. The lowest BCUT2D eigenvalue weighted by Gasteiger charge is -2.20. The summed E-state index contributed by atoms with van der Waals surface area (Å²) in [5.74, 6) is -0.454. The number of alkyl halides is 3. The van der Waals surface area contributed by atoms with Crippen LogP contribution < -0.4 is 15.8 Å². The van der Waals surface area contributed by atoms with Crippen LogP contribution in [0.15, 0.2) is 58.5 Å². The fourth-order valence-corrected chi connectivity index (χ4v) is 3.60. The first-order valence-corrected chi connectivity index (χ1v) is 10.7. The molecule has 168 valence electrons. The van der Waals surface area contributed by atoms with E-state index in [1.165, 1.54) is 22.9 Å². The number of halogens is 4. The van der Waals surface area contributed by atoms with Crippen LogP contribution in [0.4, 0.5) is 24.5 Å². The van der Waals surface area contributed by atoms with Crippen LogP contribution in [0, 0.1) is 0 Å². The van der Waals surface area contributed by atoms with Crippen molar-refractivity contribution in [1.29, 1.82) is 0 Å². The smallest absolute Gasteiger partial charge is 0.363 e. The number of anilines is 2. The molecule has 0 radical (unpaired) electrons. The summed E-state index contributed by atoms with van der Waals surface area (Å²) in [4.78, 5) is 31.1. The van der Waals surface area contributed by atoms with Gasteiger partial charge in [-0.2, -0.15) is 23.0 Å². The van der Waals surface area contributed by atoms with Crippen LogP contribution in [0.25, 0.3) is 5.82 Å². The third kappa shape index (κ3) is 5.22. The van der Waals surface area contributed by atoms with Gasteiger partial charge in [-0.1, -0.05) is 23.7 Å². The average Bonchev–Trinajstić information content (AvgIpc) is 2.75. The number of nitrogens with one attached hydrogen (secondary N) is 1. The molecule has 0 bridgehead atoms. The predicted octanol–water partition coefficient (Wildman–Crippen LogP) is 4.10. The van der Waals surface area contributed by atoms with E-state index in [1.807, 2.05) is 18.4 Å². The van der Waals surface area contributed by atoms with Gasteiger partial charge in [-0.25, -0.2) is 4.98 Å². The van der Waals surface area contributed by atoms with Gasteiger partial charge in [0.25, 0.3) is 5.56 Å². The number of hydrogen-bond donors (Lipinski definition) is 1. The van der Waals surface area contributed by atoms with Crippen molar-refractivity contribution in [2.24, 2.45) is 0 Å². The molecule has 0 fully saturated rings. The summed E-state index contributed by atoms with van der Waals surface area (Å²) < 4.78 is 38.9. The van der Waals surface area contributed by atoms with Crippen LogP contribution in [0.2, 0.25) is 5.02 Å². The van der Waals surface area contributed by atoms with Gasteiger partial charge in [0, 0.05) is 18.1 Å². The minimum Gasteiger partial charge on any atom is -0.363 e. The first-order valence-electron chi connectivity index (χ1n) is 9.07. The molecule has 0 saturated heterocycles. The highest BCUT2D eigenvalue weighted by atomic mass is 35.5. The van der Waals surface area contributed by atoms with Gasteiger partial charge < -0.3 is 10.2 Å². The van der Waals surface area contributed by atoms with Crippen molar-refractivity contribution in [2.45, 2.75) is 11.1 Å². The summed E-state index contributed by atoms with van der Waals surface area (Å²) in [7, 11) is 1.56. The molecule has 0 aliphatic heterocycles. The standard InChI is InChI=1S/C20H17ClF3N5O2S/c1-28(11-17(30)27-13-5-3-4-6-15(13)32-2)14-10-26-29(19(31)18(14)21)16-8-7-12(9-25-16)20(22,23)24/h3-10H,11H2,1-2H3,(H,27,30). The number of thioether (sulfide) groups is 1. The topological polar surface area (TPSA) is 80.1 Å². The highest BCUT2D eigenvalue weighted by molar-refractivity contribution is 7.98. The van der Waals surface area contributed by atoms with Crippen LogP contribution in [0.1, 0.15) is 5.56 Å². The van der Waals surface area contributed by atoms with E-state index in [0.29, 0.717) is 11.9 Å². The molecule has 0 atom stereocenters. The molecule has 32 heavy (non-hydrogen) atoms. The molecule has 2 heterocycles. The van der Waals surface area contributed by atoms with E-state index in [-0.39, 0.29) is 29.0 Å². The lowest BCUT2D eigenvalue weighted by molar-refractivity contribution is -0.137. The summed E-state index contributed by atoms with van der Waals surface area (Å²) in [6, 6.07) is 9.12. The number of amides is 1. The van der Waals surface area contributed by atoms with Crippen molar-refractivity contribution < 1.29 is 18.0 Å². The zero-order chi connectivity index (χ0) is 23.5. The SMILES string of the molecule is CSc1ccccc1NC(=O)CN(C)c1cnn(-c2ccc(C(F)(F)F)cn2)c(=O)c1Cl. The fourth-order valence-electron chi connectivity index (χ4n) is 2.77. The van der Waals surface area contributed by atoms with Crippen molar-refractivity contribution in [2.75, 3.05) is 30.1 Å². The zero-order valence-corrected chi connectivity index (χ0v) is 18.4. The van der Waals surface area contributed by atoms with Crippen LogP contribution in [0.3, 0.4) is 0 Å². The van der Waals surface area contributed by atoms with E-state index in [9.17, 15) is 22.8 Å². The molecule has 12 heteroatoms. The highest BCUT2D eigenvalue weighted by Gasteiger charge is 2.30. The molecule has 3 rings (SSSR count). The molecule has 1 amide bonds. The second-order valence-corrected chi connectivity index (χ2v) is 7.79. The number of rotatable bonds is 6. The number of nitrogens with zero attached hydrogens (tertiary/aromatic N) is 4. The van der Waals surface area contributed by atoms with Crippen molar-refractivity contribution in [3.8, 4) is 5.82 Å². The van der Waals surface area contributed by atoms with Crippen LogP contribution in [0.5, 0.6) is 0 Å². The van der Waals surface area contributed by atoms with Crippen LogP contribution >= 0.6 is 23.4 Å². The van der Waals surface area contributed by atoms with Crippen molar-refractivity contribution >= 4 is 40.6 Å². The molecule has 0 spiro atoms. The zero-order valence-electron chi connectivity index (χ0n) is 16.9. The van der Waals surface area contributed by atoms with Gasteiger partial charge in [-0.05, 0) is 30.5 Å². The number of benzene rings is 1. The van der Waals surface area contributed by atoms with E-state index >= 15 is 0 Å². The van der Waals surface area contributed by atoms with Crippen molar-refractivity contribution in [3.05, 3.63) is 69.7 Å². The van der Waals surface area contributed by atoms with Gasteiger partial charge in [-0.15, -0.1) is 11.8 Å². The maximum atomic E-state index is 12.7. The molecular formula is C20H17ClF3N5O2S. The number of para-hydroxylation sites is 1. The average molecular weight is 484 g/mol. The normalized spacial score (nSPS) is 11.3.